The predicted molar refractivity (Wildman–Crippen MR) is 147 cm³/mol. The number of halogens is 2. The van der Waals surface area contributed by atoms with Crippen LogP contribution in [0.5, 0.6) is 0 Å². The molecule has 0 spiro atoms. The Morgan fingerprint density at radius 2 is 1.46 bits per heavy atom. The molecule has 0 radical (unpaired) electrons. The SMILES string of the molecule is CCCNC(=O)[C@@H](C)N(Cc1ccc(Cl)cc1)C(=O)CN(c1ccccc1)S(=O)(=O)c1ccc(Cl)cc1. The molecule has 0 saturated heterocycles. The molecule has 196 valence electrons. The van der Waals surface area contributed by atoms with Gasteiger partial charge < -0.3 is 10.2 Å². The number of amides is 2. The van der Waals surface area contributed by atoms with Gasteiger partial charge in [0.2, 0.25) is 11.8 Å². The number of sulfonamides is 1. The van der Waals surface area contributed by atoms with Crippen molar-refractivity contribution < 1.29 is 18.0 Å². The molecule has 0 aliphatic heterocycles. The minimum absolute atomic E-state index is 0.00783. The van der Waals surface area contributed by atoms with Crippen LogP contribution in [0.1, 0.15) is 25.8 Å². The molecule has 10 heteroatoms. The molecule has 37 heavy (non-hydrogen) atoms. The lowest BCUT2D eigenvalue weighted by Crippen LogP contribution is -2.51. The molecular weight excluding hydrogens is 533 g/mol. The molecule has 1 atom stereocenters. The Labute approximate surface area is 228 Å². The monoisotopic (exact) mass is 561 g/mol. The molecule has 3 aromatic carbocycles. The molecule has 3 aromatic rings. The second kappa shape index (κ2) is 12.9. The highest BCUT2D eigenvalue weighted by molar-refractivity contribution is 7.92. The van der Waals surface area contributed by atoms with Gasteiger partial charge in [-0.1, -0.05) is 60.5 Å². The van der Waals surface area contributed by atoms with Gasteiger partial charge in [-0.25, -0.2) is 8.42 Å². The quantitative estimate of drug-likeness (QED) is 0.351. The van der Waals surface area contributed by atoms with Gasteiger partial charge in [0.1, 0.15) is 12.6 Å². The summed E-state index contributed by atoms with van der Waals surface area (Å²) in [5.41, 5.74) is 1.07. The van der Waals surface area contributed by atoms with Crippen molar-refractivity contribution in [3.63, 3.8) is 0 Å². The lowest BCUT2D eigenvalue weighted by molar-refractivity contribution is -0.139. The highest BCUT2D eigenvalue weighted by Crippen LogP contribution is 2.25. The van der Waals surface area contributed by atoms with Crippen molar-refractivity contribution in [2.45, 2.75) is 37.8 Å². The van der Waals surface area contributed by atoms with Crippen LogP contribution in [-0.2, 0) is 26.2 Å². The van der Waals surface area contributed by atoms with E-state index >= 15 is 0 Å². The zero-order chi connectivity index (χ0) is 27.0. The molecule has 7 nitrogen and oxygen atoms in total. The second-order valence-electron chi connectivity index (χ2n) is 8.42. The number of hydrogen-bond donors (Lipinski definition) is 1. The minimum atomic E-state index is -4.13. The fraction of sp³-hybridized carbons (Fsp3) is 0.259. The van der Waals surface area contributed by atoms with Crippen LogP contribution < -0.4 is 9.62 Å². The molecule has 0 aromatic heterocycles. The van der Waals surface area contributed by atoms with E-state index in [1.807, 2.05) is 6.92 Å². The smallest absolute Gasteiger partial charge is 0.264 e. The summed E-state index contributed by atoms with van der Waals surface area (Å²) >= 11 is 12.0. The zero-order valence-electron chi connectivity index (χ0n) is 20.6. The van der Waals surface area contributed by atoms with Gasteiger partial charge in [0, 0.05) is 23.1 Å². The number of hydrogen-bond acceptors (Lipinski definition) is 4. The van der Waals surface area contributed by atoms with Gasteiger partial charge in [-0.15, -0.1) is 0 Å². The summed E-state index contributed by atoms with van der Waals surface area (Å²) in [7, 11) is -4.13. The first kappa shape index (κ1) is 28.5. The van der Waals surface area contributed by atoms with Crippen LogP contribution in [0.15, 0.2) is 83.8 Å². The maximum atomic E-state index is 13.7. The number of carbonyl (C=O) groups excluding carboxylic acids is 2. The van der Waals surface area contributed by atoms with Gasteiger partial charge in [-0.2, -0.15) is 0 Å². The number of para-hydroxylation sites is 1. The molecule has 2 amide bonds. The van der Waals surface area contributed by atoms with E-state index < -0.39 is 28.5 Å². The number of carbonyl (C=O) groups is 2. The highest BCUT2D eigenvalue weighted by atomic mass is 35.5. The standard InChI is InChI=1S/C27H29Cl2N3O4S/c1-3-17-30-27(34)20(2)31(18-21-9-11-22(28)12-10-21)26(33)19-32(24-7-5-4-6-8-24)37(35,36)25-15-13-23(29)14-16-25/h4-16,20H,3,17-19H2,1-2H3,(H,30,34)/t20-/m1/s1. The fourth-order valence-corrected chi connectivity index (χ4v) is 5.29. The number of nitrogens with one attached hydrogen (secondary N) is 1. The molecule has 0 aliphatic rings. The maximum absolute atomic E-state index is 13.7. The van der Waals surface area contributed by atoms with Gasteiger partial charge in [-0.3, -0.25) is 13.9 Å². The molecule has 0 fully saturated rings. The van der Waals surface area contributed by atoms with Crippen molar-refractivity contribution in [3.8, 4) is 0 Å². The second-order valence-corrected chi connectivity index (χ2v) is 11.2. The van der Waals surface area contributed by atoms with E-state index in [1.54, 1.807) is 61.5 Å². The van der Waals surface area contributed by atoms with Crippen LogP contribution in [0.2, 0.25) is 10.0 Å². The molecule has 0 bridgehead atoms. The Hall–Kier alpha value is -3.07. The fourth-order valence-electron chi connectivity index (χ4n) is 3.62. The van der Waals surface area contributed by atoms with Crippen molar-refractivity contribution in [2.24, 2.45) is 0 Å². The number of anilines is 1. The first-order valence-electron chi connectivity index (χ1n) is 11.8. The third kappa shape index (κ3) is 7.47. The molecule has 0 heterocycles. The van der Waals surface area contributed by atoms with Crippen molar-refractivity contribution in [1.29, 1.82) is 0 Å². The van der Waals surface area contributed by atoms with Crippen molar-refractivity contribution in [3.05, 3.63) is 94.5 Å². The van der Waals surface area contributed by atoms with Crippen LogP contribution in [-0.4, -0.2) is 44.3 Å². The van der Waals surface area contributed by atoms with E-state index in [0.717, 1.165) is 16.3 Å². The number of benzene rings is 3. The van der Waals surface area contributed by atoms with E-state index in [9.17, 15) is 18.0 Å². The van der Waals surface area contributed by atoms with E-state index in [1.165, 1.54) is 29.2 Å². The Kier molecular flexibility index (Phi) is 9.97. The third-order valence-electron chi connectivity index (χ3n) is 5.71. The maximum Gasteiger partial charge on any atom is 0.264 e. The van der Waals surface area contributed by atoms with Crippen LogP contribution in [0.4, 0.5) is 5.69 Å². The molecule has 3 rings (SSSR count). The van der Waals surface area contributed by atoms with E-state index in [0.29, 0.717) is 22.3 Å². The summed E-state index contributed by atoms with van der Waals surface area (Å²) in [6.45, 7) is 3.61. The molecule has 0 saturated carbocycles. The summed E-state index contributed by atoms with van der Waals surface area (Å²) in [4.78, 5) is 27.9. The zero-order valence-corrected chi connectivity index (χ0v) is 22.9. The Morgan fingerprint density at radius 1 is 0.892 bits per heavy atom. The summed E-state index contributed by atoms with van der Waals surface area (Å²) in [6.07, 6.45) is 0.741. The Bertz CT molecular complexity index is 1300. The van der Waals surface area contributed by atoms with Crippen molar-refractivity contribution in [2.75, 3.05) is 17.4 Å². The third-order valence-corrected chi connectivity index (χ3v) is 8.00. The average Bonchev–Trinajstić information content (AvgIpc) is 2.90. The molecule has 0 aliphatic carbocycles. The lowest BCUT2D eigenvalue weighted by atomic mass is 10.1. The Morgan fingerprint density at radius 3 is 2.03 bits per heavy atom. The van der Waals surface area contributed by atoms with Crippen LogP contribution >= 0.6 is 23.2 Å². The van der Waals surface area contributed by atoms with Crippen LogP contribution in [0.25, 0.3) is 0 Å². The van der Waals surface area contributed by atoms with Crippen molar-refractivity contribution in [1.82, 2.24) is 10.2 Å². The molecule has 1 N–H and O–H groups in total. The summed E-state index contributed by atoms with van der Waals surface area (Å²) < 4.78 is 28.4. The lowest BCUT2D eigenvalue weighted by Gasteiger charge is -2.32. The molecular formula is C27H29Cl2N3O4S. The van der Waals surface area contributed by atoms with Gasteiger partial charge in [-0.05, 0) is 67.4 Å². The summed E-state index contributed by atoms with van der Waals surface area (Å²) in [5.74, 6) is -0.855. The summed E-state index contributed by atoms with van der Waals surface area (Å²) in [5, 5.41) is 3.74. The van der Waals surface area contributed by atoms with E-state index in [2.05, 4.69) is 5.32 Å². The number of rotatable bonds is 11. The van der Waals surface area contributed by atoms with Crippen molar-refractivity contribution >= 4 is 50.7 Å². The van der Waals surface area contributed by atoms with Crippen LogP contribution in [0, 0.1) is 0 Å². The summed E-state index contributed by atoms with van der Waals surface area (Å²) in [6, 6.07) is 20.2. The van der Waals surface area contributed by atoms with Gasteiger partial charge >= 0.3 is 0 Å². The van der Waals surface area contributed by atoms with Gasteiger partial charge in [0.25, 0.3) is 10.0 Å². The van der Waals surface area contributed by atoms with Crippen LogP contribution in [0.3, 0.4) is 0 Å². The predicted octanol–water partition coefficient (Wildman–Crippen LogP) is 5.13. The normalized spacial score (nSPS) is 12.0. The highest BCUT2D eigenvalue weighted by Gasteiger charge is 2.32. The van der Waals surface area contributed by atoms with E-state index in [-0.39, 0.29) is 17.3 Å². The first-order valence-corrected chi connectivity index (χ1v) is 14.0. The van der Waals surface area contributed by atoms with Gasteiger partial charge in [0.15, 0.2) is 0 Å². The largest absolute Gasteiger partial charge is 0.354 e. The van der Waals surface area contributed by atoms with E-state index in [4.69, 9.17) is 23.2 Å². The molecule has 0 unspecified atom stereocenters. The number of nitrogens with zero attached hydrogens (tertiary/aromatic N) is 2. The Balaban J connectivity index is 1.98. The topological polar surface area (TPSA) is 86.8 Å². The first-order chi connectivity index (χ1) is 17.6. The van der Waals surface area contributed by atoms with Gasteiger partial charge in [0.05, 0.1) is 10.6 Å². The minimum Gasteiger partial charge on any atom is -0.354 e. The average molecular weight is 563 g/mol.